The molecule has 28 heavy (non-hydrogen) atoms. The van der Waals surface area contributed by atoms with Gasteiger partial charge in [-0.15, -0.1) is 0 Å². The molecular formula is C19H21BrN6O2. The van der Waals surface area contributed by atoms with Crippen molar-refractivity contribution in [2.45, 2.75) is 20.4 Å². The highest BCUT2D eigenvalue weighted by atomic mass is 79.9. The van der Waals surface area contributed by atoms with Gasteiger partial charge in [0, 0.05) is 18.1 Å². The first-order chi connectivity index (χ1) is 13.4. The Kier molecular flexibility index (Phi) is 5.93. The monoisotopic (exact) mass is 444 g/mol. The van der Waals surface area contributed by atoms with E-state index < -0.39 is 11.2 Å². The summed E-state index contributed by atoms with van der Waals surface area (Å²) in [4.78, 5) is 30.9. The van der Waals surface area contributed by atoms with Gasteiger partial charge in [0.05, 0.1) is 6.21 Å². The van der Waals surface area contributed by atoms with Gasteiger partial charge < -0.3 is 4.57 Å². The number of halogens is 1. The minimum atomic E-state index is -0.504. The van der Waals surface area contributed by atoms with E-state index in [-0.39, 0.29) is 5.92 Å². The number of aromatic nitrogens is 4. The van der Waals surface area contributed by atoms with Crippen LogP contribution in [0.1, 0.15) is 19.4 Å². The van der Waals surface area contributed by atoms with E-state index in [9.17, 15) is 9.59 Å². The molecule has 2 aromatic heterocycles. The zero-order chi connectivity index (χ0) is 20.3. The van der Waals surface area contributed by atoms with Gasteiger partial charge in [0.15, 0.2) is 11.2 Å². The summed E-state index contributed by atoms with van der Waals surface area (Å²) in [5.74, 6) is 0.662. The maximum Gasteiger partial charge on any atom is 0.329 e. The van der Waals surface area contributed by atoms with Crippen LogP contribution in [-0.4, -0.2) is 25.3 Å². The first-order valence-corrected chi connectivity index (χ1v) is 9.57. The Balaban J connectivity index is 1.95. The number of rotatable bonds is 6. The average molecular weight is 445 g/mol. The van der Waals surface area contributed by atoms with Gasteiger partial charge in [-0.1, -0.05) is 44.2 Å². The number of aromatic amines is 1. The Morgan fingerprint density at radius 3 is 2.71 bits per heavy atom. The van der Waals surface area contributed by atoms with Crippen LogP contribution >= 0.6 is 15.9 Å². The van der Waals surface area contributed by atoms with E-state index in [1.165, 1.54) is 4.57 Å². The lowest BCUT2D eigenvalue weighted by Crippen LogP contribution is -2.29. The minimum Gasteiger partial charge on any atom is -0.303 e. The summed E-state index contributed by atoms with van der Waals surface area (Å²) in [5, 5.41) is 4.21. The molecule has 1 aromatic carbocycles. The van der Waals surface area contributed by atoms with E-state index in [4.69, 9.17) is 0 Å². The number of hydrogen-bond acceptors (Lipinski definition) is 5. The fourth-order valence-corrected chi connectivity index (χ4v) is 3.13. The molecule has 2 heterocycles. The van der Waals surface area contributed by atoms with E-state index in [1.54, 1.807) is 17.8 Å². The van der Waals surface area contributed by atoms with Crippen molar-refractivity contribution in [2.75, 3.05) is 5.43 Å². The van der Waals surface area contributed by atoms with Crippen LogP contribution in [0.2, 0.25) is 0 Å². The third-order valence-corrected chi connectivity index (χ3v) is 4.45. The summed E-state index contributed by atoms with van der Waals surface area (Å²) in [6.07, 6.45) is 3.53. The van der Waals surface area contributed by atoms with Gasteiger partial charge in [-0.2, -0.15) is 10.1 Å². The van der Waals surface area contributed by atoms with Crippen molar-refractivity contribution in [3.63, 3.8) is 0 Å². The van der Waals surface area contributed by atoms with E-state index in [2.05, 4.69) is 36.4 Å². The van der Waals surface area contributed by atoms with Crippen molar-refractivity contribution >= 4 is 45.3 Å². The predicted molar refractivity (Wildman–Crippen MR) is 116 cm³/mol. The maximum atomic E-state index is 12.3. The van der Waals surface area contributed by atoms with Crippen molar-refractivity contribution in [3.8, 4) is 0 Å². The third-order valence-electron chi connectivity index (χ3n) is 4.01. The smallest absolute Gasteiger partial charge is 0.303 e. The number of allylic oxidation sites excluding steroid dienone is 1. The topological polar surface area (TPSA) is 97.1 Å². The number of nitrogens with one attached hydrogen (secondary N) is 2. The lowest BCUT2D eigenvalue weighted by molar-refractivity contribution is 0.535. The second kappa shape index (κ2) is 8.39. The molecule has 146 valence electrons. The number of aryl methyl sites for hydroxylation is 1. The highest BCUT2D eigenvalue weighted by molar-refractivity contribution is 9.12. The standard InChI is InChI=1S/C19H21BrN6O2/c1-12(2)11-26-15-16(25(3)19(28)23-17(15)27)22-18(26)24-21-10-14(20)9-13-7-5-4-6-8-13/h4-10,12H,11H2,1-3H3,(H,22,24)(H,23,27,28)/b14-9-,21-10-. The zero-order valence-corrected chi connectivity index (χ0v) is 17.4. The molecule has 0 fully saturated rings. The summed E-state index contributed by atoms with van der Waals surface area (Å²) in [6.45, 7) is 4.62. The fraction of sp³-hybridized carbons (Fsp3) is 0.263. The fourth-order valence-electron chi connectivity index (χ4n) is 2.76. The van der Waals surface area contributed by atoms with E-state index in [1.807, 2.05) is 50.3 Å². The molecule has 0 aliphatic carbocycles. The number of H-pyrrole nitrogens is 1. The second-order valence-corrected chi connectivity index (χ2v) is 7.66. The molecule has 0 amide bonds. The molecule has 0 unspecified atom stereocenters. The Labute approximate surface area is 169 Å². The maximum absolute atomic E-state index is 12.3. The molecule has 0 saturated carbocycles. The van der Waals surface area contributed by atoms with Crippen molar-refractivity contribution in [2.24, 2.45) is 18.1 Å². The summed E-state index contributed by atoms with van der Waals surface area (Å²) in [7, 11) is 1.57. The van der Waals surface area contributed by atoms with Crippen LogP contribution in [0.4, 0.5) is 5.95 Å². The normalized spacial score (nSPS) is 12.4. The molecule has 0 radical (unpaired) electrons. The lowest BCUT2D eigenvalue weighted by atomic mass is 10.2. The molecule has 0 aliphatic heterocycles. The number of fused-ring (bicyclic) bond motifs is 1. The van der Waals surface area contributed by atoms with Gasteiger partial charge in [-0.25, -0.2) is 10.2 Å². The Hall–Kier alpha value is -2.94. The number of hydrazone groups is 1. The van der Waals surface area contributed by atoms with Crippen LogP contribution in [0.25, 0.3) is 17.2 Å². The number of imidazole rings is 1. The summed E-state index contributed by atoms with van der Waals surface area (Å²) < 4.78 is 3.82. The first kappa shape index (κ1) is 19.8. The highest BCUT2D eigenvalue weighted by Gasteiger charge is 2.17. The zero-order valence-electron chi connectivity index (χ0n) is 15.8. The van der Waals surface area contributed by atoms with Crippen molar-refractivity contribution in [1.82, 2.24) is 19.1 Å². The number of nitrogens with zero attached hydrogens (tertiary/aromatic N) is 4. The first-order valence-electron chi connectivity index (χ1n) is 8.77. The quantitative estimate of drug-likeness (QED) is 0.451. The Morgan fingerprint density at radius 2 is 2.04 bits per heavy atom. The molecule has 3 aromatic rings. The van der Waals surface area contributed by atoms with Crippen molar-refractivity contribution < 1.29 is 0 Å². The molecule has 9 heteroatoms. The third kappa shape index (κ3) is 4.30. The highest BCUT2D eigenvalue weighted by Crippen LogP contribution is 2.17. The molecule has 0 aliphatic rings. The molecule has 8 nitrogen and oxygen atoms in total. The molecule has 2 N–H and O–H groups in total. The number of hydrogen-bond donors (Lipinski definition) is 2. The number of benzene rings is 1. The van der Waals surface area contributed by atoms with Gasteiger partial charge in [0.2, 0.25) is 5.95 Å². The van der Waals surface area contributed by atoms with E-state index >= 15 is 0 Å². The predicted octanol–water partition coefficient (Wildman–Crippen LogP) is 2.91. The molecule has 0 atom stereocenters. The average Bonchev–Trinajstić information content (AvgIpc) is 2.99. The van der Waals surface area contributed by atoms with Crippen LogP contribution in [-0.2, 0) is 13.6 Å². The molecular weight excluding hydrogens is 424 g/mol. The largest absolute Gasteiger partial charge is 0.329 e. The van der Waals surface area contributed by atoms with Crippen LogP contribution in [0, 0.1) is 5.92 Å². The van der Waals surface area contributed by atoms with Gasteiger partial charge in [-0.3, -0.25) is 14.3 Å². The van der Waals surface area contributed by atoms with E-state index in [0.29, 0.717) is 23.7 Å². The molecule has 0 spiro atoms. The minimum absolute atomic E-state index is 0.267. The van der Waals surface area contributed by atoms with Crippen LogP contribution in [0.15, 0.2) is 49.5 Å². The molecule has 0 bridgehead atoms. The number of anilines is 1. The molecule has 0 saturated heterocycles. The Morgan fingerprint density at radius 1 is 1.32 bits per heavy atom. The van der Waals surface area contributed by atoms with Crippen molar-refractivity contribution in [1.29, 1.82) is 0 Å². The van der Waals surface area contributed by atoms with Crippen LogP contribution in [0.3, 0.4) is 0 Å². The van der Waals surface area contributed by atoms with Crippen molar-refractivity contribution in [3.05, 3.63) is 61.2 Å². The Bertz CT molecular complexity index is 1150. The second-order valence-electron chi connectivity index (χ2n) is 6.74. The lowest BCUT2D eigenvalue weighted by Gasteiger charge is -2.10. The summed E-state index contributed by atoms with van der Waals surface area (Å²) in [5.41, 5.74) is 3.60. The van der Waals surface area contributed by atoms with Crippen LogP contribution in [0.5, 0.6) is 0 Å². The van der Waals surface area contributed by atoms with Gasteiger partial charge >= 0.3 is 5.69 Å². The van der Waals surface area contributed by atoms with E-state index in [0.717, 1.165) is 10.0 Å². The van der Waals surface area contributed by atoms with Crippen LogP contribution < -0.4 is 16.7 Å². The summed E-state index contributed by atoms with van der Waals surface area (Å²) in [6, 6.07) is 9.83. The summed E-state index contributed by atoms with van der Waals surface area (Å²) >= 11 is 3.46. The van der Waals surface area contributed by atoms with Gasteiger partial charge in [0.25, 0.3) is 5.56 Å². The molecule has 3 rings (SSSR count). The van der Waals surface area contributed by atoms with Gasteiger partial charge in [-0.05, 0) is 33.5 Å². The van der Waals surface area contributed by atoms with Gasteiger partial charge in [0.1, 0.15) is 0 Å². The SMILES string of the molecule is CC(C)Cn1c(N/N=C\C(Br)=C\c2ccccc2)nc2c1c(=O)[nH]c(=O)n2C.